The van der Waals surface area contributed by atoms with Crippen molar-refractivity contribution in [3.63, 3.8) is 0 Å². The molecule has 0 saturated heterocycles. The third-order valence-electron chi connectivity index (χ3n) is 1.67. The van der Waals surface area contributed by atoms with Gasteiger partial charge in [0.15, 0.2) is 5.78 Å². The number of benzene rings is 1. The summed E-state index contributed by atoms with van der Waals surface area (Å²) in [6, 6.07) is 7.95. The number of ketones is 1. The average molecular weight is 226 g/mol. The Morgan fingerprint density at radius 2 is 1.80 bits per heavy atom. The Labute approximate surface area is 88.0 Å². The van der Waals surface area contributed by atoms with E-state index in [1.807, 2.05) is 0 Å². The van der Waals surface area contributed by atoms with E-state index in [0.29, 0.717) is 0 Å². The first-order chi connectivity index (χ1) is 6.91. The van der Waals surface area contributed by atoms with E-state index in [9.17, 15) is 13.2 Å². The van der Waals surface area contributed by atoms with Crippen LogP contribution in [0.15, 0.2) is 36.4 Å². The van der Waals surface area contributed by atoms with E-state index in [1.165, 1.54) is 19.1 Å². The number of hydrogen-bond donors (Lipinski definition) is 1. The van der Waals surface area contributed by atoms with Crippen LogP contribution in [-0.4, -0.2) is 18.8 Å². The molecule has 1 N–H and O–H groups in total. The lowest BCUT2D eigenvalue weighted by Gasteiger charge is -2.02. The molecule has 0 radical (unpaired) electrons. The molecule has 0 spiro atoms. The zero-order valence-corrected chi connectivity index (χ0v) is 8.86. The topological polar surface area (TPSA) is 71.4 Å². The van der Waals surface area contributed by atoms with Gasteiger partial charge in [-0.15, -0.1) is 0 Å². The highest BCUT2D eigenvalue weighted by Crippen LogP contribution is 2.19. The Kier molecular flexibility index (Phi) is 3.39. The van der Waals surface area contributed by atoms with Crippen molar-refractivity contribution in [3.05, 3.63) is 42.0 Å². The molecular formula is C10H10O4S. The van der Waals surface area contributed by atoms with E-state index in [-0.39, 0.29) is 10.5 Å². The first-order valence-electron chi connectivity index (χ1n) is 4.16. The molecule has 0 bridgehead atoms. The van der Waals surface area contributed by atoms with Gasteiger partial charge in [0.05, 0.1) is 0 Å². The predicted octanol–water partition coefficient (Wildman–Crippen LogP) is 1.50. The SMILES string of the molecule is CC(=O)C=C(c1ccccc1)S(=O)(=O)O. The monoisotopic (exact) mass is 226 g/mol. The Hall–Kier alpha value is -1.46. The summed E-state index contributed by atoms with van der Waals surface area (Å²) in [6.07, 6.45) is 0.894. The van der Waals surface area contributed by atoms with Crippen molar-refractivity contribution >= 4 is 20.8 Å². The second-order valence-electron chi connectivity index (χ2n) is 2.96. The van der Waals surface area contributed by atoms with Crippen LogP contribution in [0.2, 0.25) is 0 Å². The van der Waals surface area contributed by atoms with Crippen LogP contribution in [0.5, 0.6) is 0 Å². The molecule has 4 nitrogen and oxygen atoms in total. The van der Waals surface area contributed by atoms with Crippen molar-refractivity contribution in [2.45, 2.75) is 6.92 Å². The van der Waals surface area contributed by atoms with Crippen molar-refractivity contribution in [2.75, 3.05) is 0 Å². The van der Waals surface area contributed by atoms with Gasteiger partial charge in [-0.05, 0) is 12.5 Å². The highest BCUT2D eigenvalue weighted by Gasteiger charge is 2.16. The minimum Gasteiger partial charge on any atom is -0.295 e. The minimum absolute atomic E-state index is 0.287. The summed E-state index contributed by atoms with van der Waals surface area (Å²) < 4.78 is 30.9. The zero-order chi connectivity index (χ0) is 11.5. The molecule has 0 aliphatic heterocycles. The average Bonchev–Trinajstić information content (AvgIpc) is 2.14. The number of hydrogen-bond acceptors (Lipinski definition) is 3. The van der Waals surface area contributed by atoms with Crippen molar-refractivity contribution in [1.29, 1.82) is 0 Å². The summed E-state index contributed by atoms with van der Waals surface area (Å²) >= 11 is 0. The van der Waals surface area contributed by atoms with Gasteiger partial charge in [0, 0.05) is 6.08 Å². The van der Waals surface area contributed by atoms with E-state index < -0.39 is 15.9 Å². The highest BCUT2D eigenvalue weighted by molar-refractivity contribution is 7.95. The maximum Gasteiger partial charge on any atom is 0.295 e. The number of carbonyl (C=O) groups is 1. The molecular weight excluding hydrogens is 216 g/mol. The van der Waals surface area contributed by atoms with E-state index in [0.717, 1.165) is 6.08 Å². The van der Waals surface area contributed by atoms with Crippen molar-refractivity contribution in [1.82, 2.24) is 0 Å². The lowest BCUT2D eigenvalue weighted by atomic mass is 10.2. The molecule has 5 heteroatoms. The van der Waals surface area contributed by atoms with Gasteiger partial charge < -0.3 is 0 Å². The third-order valence-corrected chi connectivity index (χ3v) is 2.58. The van der Waals surface area contributed by atoms with Gasteiger partial charge in [-0.3, -0.25) is 9.35 Å². The Morgan fingerprint density at radius 1 is 1.27 bits per heavy atom. The summed E-state index contributed by atoms with van der Waals surface area (Å²) in [7, 11) is -4.37. The third kappa shape index (κ3) is 3.30. The van der Waals surface area contributed by atoms with E-state index in [2.05, 4.69) is 0 Å². The summed E-state index contributed by atoms with van der Waals surface area (Å²) in [6.45, 7) is 1.22. The molecule has 0 aromatic heterocycles. The lowest BCUT2D eigenvalue weighted by Crippen LogP contribution is -2.03. The molecule has 0 aliphatic carbocycles. The molecule has 0 amide bonds. The van der Waals surface area contributed by atoms with Crippen LogP contribution < -0.4 is 0 Å². The molecule has 0 saturated carbocycles. The van der Waals surface area contributed by atoms with Crippen LogP contribution in [0, 0.1) is 0 Å². The van der Waals surface area contributed by atoms with Crippen LogP contribution in [0.3, 0.4) is 0 Å². The molecule has 0 unspecified atom stereocenters. The fraction of sp³-hybridized carbons (Fsp3) is 0.100. The van der Waals surface area contributed by atoms with Crippen LogP contribution in [0.1, 0.15) is 12.5 Å². The molecule has 0 heterocycles. The molecule has 0 atom stereocenters. The van der Waals surface area contributed by atoms with Gasteiger partial charge in [-0.25, -0.2) is 0 Å². The molecule has 1 aromatic rings. The molecule has 0 fully saturated rings. The van der Waals surface area contributed by atoms with Crippen LogP contribution >= 0.6 is 0 Å². The van der Waals surface area contributed by atoms with Gasteiger partial charge in [0.2, 0.25) is 0 Å². The van der Waals surface area contributed by atoms with Gasteiger partial charge >= 0.3 is 0 Å². The molecule has 1 aromatic carbocycles. The second-order valence-corrected chi connectivity index (χ2v) is 4.35. The summed E-state index contributed by atoms with van der Waals surface area (Å²) in [5.41, 5.74) is 0.287. The normalized spacial score (nSPS) is 12.5. The predicted molar refractivity (Wildman–Crippen MR) is 56.6 cm³/mol. The van der Waals surface area contributed by atoms with Crippen molar-refractivity contribution in [2.24, 2.45) is 0 Å². The van der Waals surface area contributed by atoms with Crippen molar-refractivity contribution in [3.8, 4) is 0 Å². The number of allylic oxidation sites excluding steroid dienone is 1. The molecule has 1 rings (SSSR count). The maximum absolute atomic E-state index is 11.0. The smallest absolute Gasteiger partial charge is 0.295 e. The van der Waals surface area contributed by atoms with Crippen LogP contribution in [-0.2, 0) is 14.9 Å². The number of rotatable bonds is 3. The van der Waals surface area contributed by atoms with Crippen molar-refractivity contribution < 1.29 is 17.8 Å². The summed E-state index contributed by atoms with van der Waals surface area (Å²) in [4.78, 5) is 10.4. The second kappa shape index (κ2) is 4.37. The van der Waals surface area contributed by atoms with Gasteiger partial charge in [0.1, 0.15) is 4.91 Å². The Bertz CT molecular complexity index is 485. The summed E-state index contributed by atoms with van der Waals surface area (Å²) in [5.74, 6) is -0.438. The fourth-order valence-corrected chi connectivity index (χ4v) is 1.84. The maximum atomic E-state index is 11.0. The van der Waals surface area contributed by atoms with Crippen LogP contribution in [0.25, 0.3) is 4.91 Å². The largest absolute Gasteiger partial charge is 0.295 e. The zero-order valence-electron chi connectivity index (χ0n) is 8.04. The lowest BCUT2D eigenvalue weighted by molar-refractivity contribution is -0.112. The quantitative estimate of drug-likeness (QED) is 0.626. The van der Waals surface area contributed by atoms with Gasteiger partial charge in [-0.2, -0.15) is 8.42 Å². The number of carbonyl (C=O) groups excluding carboxylic acids is 1. The highest BCUT2D eigenvalue weighted by atomic mass is 32.2. The standard InChI is InChI=1S/C10H10O4S/c1-8(11)7-10(15(12,13)14)9-5-3-2-4-6-9/h2-7H,1H3,(H,12,13,14). The van der Waals surface area contributed by atoms with E-state index >= 15 is 0 Å². The molecule has 80 valence electrons. The van der Waals surface area contributed by atoms with E-state index in [1.54, 1.807) is 18.2 Å². The summed E-state index contributed by atoms with van der Waals surface area (Å²) in [5, 5.41) is 0. The van der Waals surface area contributed by atoms with Gasteiger partial charge in [0.25, 0.3) is 10.1 Å². The Morgan fingerprint density at radius 3 is 2.20 bits per heavy atom. The minimum atomic E-state index is -4.37. The molecule has 15 heavy (non-hydrogen) atoms. The first-order valence-corrected chi connectivity index (χ1v) is 5.60. The Balaban J connectivity index is 3.33. The molecule has 0 aliphatic rings. The van der Waals surface area contributed by atoms with Crippen LogP contribution in [0.4, 0.5) is 0 Å². The van der Waals surface area contributed by atoms with Gasteiger partial charge in [-0.1, -0.05) is 30.3 Å². The first kappa shape index (κ1) is 11.6. The van der Waals surface area contributed by atoms with E-state index in [4.69, 9.17) is 4.55 Å². The fourth-order valence-electron chi connectivity index (χ4n) is 1.09.